The predicted octanol–water partition coefficient (Wildman–Crippen LogP) is 1.84. The van der Waals surface area contributed by atoms with E-state index < -0.39 is 0 Å². The second-order valence-electron chi connectivity index (χ2n) is 6.41. The van der Waals surface area contributed by atoms with Crippen molar-refractivity contribution in [3.05, 3.63) is 44.5 Å². The molecule has 2 aromatic heterocycles. The van der Waals surface area contributed by atoms with E-state index in [1.165, 1.54) is 17.8 Å². The summed E-state index contributed by atoms with van der Waals surface area (Å²) in [4.78, 5) is 43.8. The zero-order chi connectivity index (χ0) is 19.1. The zero-order valence-electron chi connectivity index (χ0n) is 14.8. The molecular weight excluding hydrogens is 384 g/mol. The van der Waals surface area contributed by atoms with Crippen LogP contribution in [0.15, 0.2) is 33.5 Å². The number of thiophene rings is 1. The van der Waals surface area contributed by atoms with Gasteiger partial charge in [-0.1, -0.05) is 30.7 Å². The average Bonchev–Trinajstić information content (AvgIpc) is 3.31. The van der Waals surface area contributed by atoms with Crippen molar-refractivity contribution in [2.75, 3.05) is 5.75 Å². The molecule has 1 fully saturated rings. The fraction of sp³-hybridized carbons (Fsp3) is 0.444. The standard InChI is InChI=1S/C18H22N4O3S2/c23-15(19-10-14-6-3-7-26-14)8-13-9-16(24)22-18(21-13)27-11-17(25)20-12-4-1-2-5-12/h3,6-7,9,12H,1-2,4-5,8,10-11H2,(H,19,23)(H,20,25)(H,21,22,24). The maximum Gasteiger partial charge on any atom is 0.251 e. The number of thioether (sulfide) groups is 1. The molecular formula is C18H22N4O3S2. The Kier molecular flexibility index (Phi) is 7.05. The van der Waals surface area contributed by atoms with E-state index in [2.05, 4.69) is 20.6 Å². The van der Waals surface area contributed by atoms with E-state index in [0.717, 1.165) is 30.6 Å². The van der Waals surface area contributed by atoms with Gasteiger partial charge in [0.15, 0.2) is 5.16 Å². The lowest BCUT2D eigenvalue weighted by atomic mass is 10.2. The lowest BCUT2D eigenvalue weighted by molar-refractivity contribution is -0.121. The van der Waals surface area contributed by atoms with Gasteiger partial charge in [0.25, 0.3) is 5.56 Å². The SMILES string of the molecule is O=C(Cc1cc(=O)[nH]c(SCC(=O)NC2CCCC2)n1)NCc1cccs1. The number of aromatic amines is 1. The van der Waals surface area contributed by atoms with E-state index in [1.807, 2.05) is 17.5 Å². The summed E-state index contributed by atoms with van der Waals surface area (Å²) in [6.07, 6.45) is 4.40. The molecule has 2 amide bonds. The third kappa shape index (κ3) is 6.51. The van der Waals surface area contributed by atoms with Crippen molar-refractivity contribution < 1.29 is 9.59 Å². The van der Waals surface area contributed by atoms with E-state index in [9.17, 15) is 14.4 Å². The van der Waals surface area contributed by atoms with E-state index in [0.29, 0.717) is 17.4 Å². The second kappa shape index (κ2) is 9.70. The van der Waals surface area contributed by atoms with Crippen molar-refractivity contribution in [1.82, 2.24) is 20.6 Å². The number of H-pyrrole nitrogens is 1. The highest BCUT2D eigenvalue weighted by Crippen LogP contribution is 2.18. The summed E-state index contributed by atoms with van der Waals surface area (Å²) >= 11 is 2.74. The molecule has 9 heteroatoms. The van der Waals surface area contributed by atoms with Crippen LogP contribution in [-0.2, 0) is 22.6 Å². The van der Waals surface area contributed by atoms with E-state index in [1.54, 1.807) is 11.3 Å². The van der Waals surface area contributed by atoms with Crippen LogP contribution in [-0.4, -0.2) is 33.6 Å². The summed E-state index contributed by atoms with van der Waals surface area (Å²) in [5.41, 5.74) is 0.0610. The Morgan fingerprint density at radius 2 is 2.11 bits per heavy atom. The highest BCUT2D eigenvalue weighted by atomic mass is 32.2. The molecule has 0 atom stereocenters. The number of rotatable bonds is 8. The molecule has 0 bridgehead atoms. The van der Waals surface area contributed by atoms with Gasteiger partial charge in [-0.15, -0.1) is 11.3 Å². The Bertz CT molecular complexity index is 829. The van der Waals surface area contributed by atoms with Crippen LogP contribution in [0.4, 0.5) is 0 Å². The summed E-state index contributed by atoms with van der Waals surface area (Å²) in [5.74, 6) is -0.0712. The summed E-state index contributed by atoms with van der Waals surface area (Å²) in [7, 11) is 0. The van der Waals surface area contributed by atoms with Crippen molar-refractivity contribution in [3.63, 3.8) is 0 Å². The van der Waals surface area contributed by atoms with Gasteiger partial charge in [0.1, 0.15) is 0 Å². The monoisotopic (exact) mass is 406 g/mol. The van der Waals surface area contributed by atoms with Gasteiger partial charge in [0.05, 0.1) is 24.4 Å². The summed E-state index contributed by atoms with van der Waals surface area (Å²) < 4.78 is 0. The third-order valence-corrected chi connectivity index (χ3v) is 5.96. The van der Waals surface area contributed by atoms with Crippen LogP contribution in [0.5, 0.6) is 0 Å². The first-order chi connectivity index (χ1) is 13.1. The molecule has 0 spiro atoms. The maximum atomic E-state index is 12.1. The van der Waals surface area contributed by atoms with Gasteiger partial charge in [0.2, 0.25) is 11.8 Å². The van der Waals surface area contributed by atoms with Crippen molar-refractivity contribution in [2.24, 2.45) is 0 Å². The van der Waals surface area contributed by atoms with Crippen molar-refractivity contribution in [3.8, 4) is 0 Å². The van der Waals surface area contributed by atoms with Crippen LogP contribution in [0, 0.1) is 0 Å². The van der Waals surface area contributed by atoms with E-state index >= 15 is 0 Å². The molecule has 2 heterocycles. The topological polar surface area (TPSA) is 104 Å². The normalized spacial score (nSPS) is 14.2. The van der Waals surface area contributed by atoms with Crippen molar-refractivity contribution in [1.29, 1.82) is 0 Å². The quantitative estimate of drug-likeness (QED) is 0.458. The fourth-order valence-electron chi connectivity index (χ4n) is 2.94. The molecule has 0 aliphatic heterocycles. The molecule has 2 aromatic rings. The molecule has 1 saturated carbocycles. The van der Waals surface area contributed by atoms with Gasteiger partial charge in [-0.25, -0.2) is 4.98 Å². The lowest BCUT2D eigenvalue weighted by Gasteiger charge is -2.11. The Balaban J connectivity index is 1.49. The van der Waals surface area contributed by atoms with Crippen LogP contribution in [0.25, 0.3) is 0 Å². The molecule has 7 nitrogen and oxygen atoms in total. The second-order valence-corrected chi connectivity index (χ2v) is 8.41. The number of nitrogens with zero attached hydrogens (tertiary/aromatic N) is 1. The molecule has 1 aliphatic carbocycles. The Morgan fingerprint density at radius 1 is 1.30 bits per heavy atom. The highest BCUT2D eigenvalue weighted by Gasteiger charge is 2.17. The van der Waals surface area contributed by atoms with Crippen LogP contribution in [0.3, 0.4) is 0 Å². The van der Waals surface area contributed by atoms with Gasteiger partial charge in [-0.2, -0.15) is 0 Å². The molecule has 27 heavy (non-hydrogen) atoms. The number of hydrogen-bond acceptors (Lipinski definition) is 6. The van der Waals surface area contributed by atoms with Crippen molar-refractivity contribution >= 4 is 34.9 Å². The number of aromatic nitrogens is 2. The van der Waals surface area contributed by atoms with Gasteiger partial charge in [-0.05, 0) is 24.3 Å². The highest BCUT2D eigenvalue weighted by molar-refractivity contribution is 7.99. The largest absolute Gasteiger partial charge is 0.353 e. The first kappa shape index (κ1) is 19.6. The number of hydrogen-bond donors (Lipinski definition) is 3. The lowest BCUT2D eigenvalue weighted by Crippen LogP contribution is -2.34. The Hall–Kier alpha value is -2.13. The van der Waals surface area contributed by atoms with Gasteiger partial charge < -0.3 is 15.6 Å². The van der Waals surface area contributed by atoms with Crippen molar-refractivity contribution in [2.45, 2.75) is 49.8 Å². The first-order valence-electron chi connectivity index (χ1n) is 8.90. The summed E-state index contributed by atoms with van der Waals surface area (Å²) in [5, 5.41) is 8.11. The number of carbonyl (C=O) groups is 2. The molecule has 3 N–H and O–H groups in total. The molecule has 0 saturated heterocycles. The van der Waals surface area contributed by atoms with Crippen LogP contribution in [0.2, 0.25) is 0 Å². The maximum absolute atomic E-state index is 12.1. The third-order valence-electron chi connectivity index (χ3n) is 4.21. The molecule has 0 aromatic carbocycles. The number of carbonyl (C=O) groups excluding carboxylic acids is 2. The zero-order valence-corrected chi connectivity index (χ0v) is 16.5. The van der Waals surface area contributed by atoms with Crippen LogP contribution in [0.1, 0.15) is 36.3 Å². The Morgan fingerprint density at radius 3 is 2.85 bits per heavy atom. The summed E-state index contributed by atoms with van der Waals surface area (Å²) in [6, 6.07) is 5.45. The van der Waals surface area contributed by atoms with Gasteiger partial charge >= 0.3 is 0 Å². The van der Waals surface area contributed by atoms with Gasteiger partial charge in [0, 0.05) is 17.0 Å². The van der Waals surface area contributed by atoms with E-state index in [-0.39, 0.29) is 35.6 Å². The van der Waals surface area contributed by atoms with Crippen LogP contribution < -0.4 is 16.2 Å². The van der Waals surface area contributed by atoms with E-state index in [4.69, 9.17) is 0 Å². The minimum absolute atomic E-state index is 0.0249. The molecule has 0 radical (unpaired) electrons. The van der Waals surface area contributed by atoms with Gasteiger partial charge in [-0.3, -0.25) is 14.4 Å². The first-order valence-corrected chi connectivity index (χ1v) is 10.8. The fourth-order valence-corrected chi connectivity index (χ4v) is 4.29. The molecule has 1 aliphatic rings. The minimum atomic E-state index is -0.329. The molecule has 0 unspecified atom stereocenters. The smallest absolute Gasteiger partial charge is 0.251 e. The number of nitrogens with one attached hydrogen (secondary N) is 3. The number of amides is 2. The average molecular weight is 407 g/mol. The minimum Gasteiger partial charge on any atom is -0.353 e. The predicted molar refractivity (Wildman–Crippen MR) is 106 cm³/mol. The molecule has 3 rings (SSSR count). The Labute approximate surface area is 165 Å². The van der Waals surface area contributed by atoms with Crippen LogP contribution >= 0.6 is 23.1 Å². The summed E-state index contributed by atoms with van der Waals surface area (Å²) in [6.45, 7) is 0.461. The molecule has 144 valence electrons.